The van der Waals surface area contributed by atoms with Crippen LogP contribution in [-0.4, -0.2) is 11.7 Å². The molecule has 1 heterocycles. The average Bonchev–Trinajstić information content (AvgIpc) is 3.19. The molecule has 0 amide bonds. The van der Waals surface area contributed by atoms with Gasteiger partial charge >= 0.3 is 0 Å². The fourth-order valence-corrected chi connectivity index (χ4v) is 3.55. The molecule has 23 heavy (non-hydrogen) atoms. The van der Waals surface area contributed by atoms with Crippen LogP contribution < -0.4 is 4.74 Å². The second kappa shape index (κ2) is 5.96. The monoisotopic (exact) mass is 303 g/mol. The van der Waals surface area contributed by atoms with Crippen LogP contribution in [0.2, 0.25) is 0 Å². The highest BCUT2D eigenvalue weighted by atomic mass is 16.5. The molecule has 2 heteroatoms. The van der Waals surface area contributed by atoms with E-state index in [1.807, 2.05) is 12.1 Å². The van der Waals surface area contributed by atoms with Crippen molar-refractivity contribution in [3.63, 3.8) is 0 Å². The van der Waals surface area contributed by atoms with Crippen LogP contribution in [0.1, 0.15) is 23.2 Å². The summed E-state index contributed by atoms with van der Waals surface area (Å²) in [4.78, 5) is 0. The summed E-state index contributed by atoms with van der Waals surface area (Å²) >= 11 is 0. The highest BCUT2D eigenvalue weighted by molar-refractivity contribution is 5.63. The number of nitrogens with zero attached hydrogens (tertiary/aromatic N) is 1. The van der Waals surface area contributed by atoms with E-state index in [1.54, 1.807) is 7.11 Å². The number of fused-ring (bicyclic) bond motifs is 1. The summed E-state index contributed by atoms with van der Waals surface area (Å²) in [5.41, 5.74) is 6.99. The molecule has 3 aromatic rings. The van der Waals surface area contributed by atoms with Gasteiger partial charge in [-0.25, -0.2) is 0 Å². The predicted octanol–water partition coefficient (Wildman–Crippen LogP) is 4.70. The molecule has 0 unspecified atom stereocenters. The van der Waals surface area contributed by atoms with E-state index in [0.29, 0.717) is 0 Å². The van der Waals surface area contributed by atoms with E-state index < -0.39 is 0 Å². The lowest BCUT2D eigenvalue weighted by Gasteiger charge is -2.13. The fraction of sp³-hybridized carbons (Fsp3) is 0.238. The minimum atomic E-state index is 0.912. The smallest absolute Gasteiger partial charge is 0.118 e. The van der Waals surface area contributed by atoms with Crippen LogP contribution in [0.5, 0.6) is 5.75 Å². The molecule has 0 aliphatic heterocycles. The Morgan fingerprint density at radius 1 is 0.957 bits per heavy atom. The molecule has 0 fully saturated rings. The first-order chi connectivity index (χ1) is 11.3. The first-order valence-electron chi connectivity index (χ1n) is 8.25. The van der Waals surface area contributed by atoms with Crippen LogP contribution in [0.4, 0.5) is 0 Å². The van der Waals surface area contributed by atoms with E-state index in [4.69, 9.17) is 4.74 Å². The molecule has 116 valence electrons. The van der Waals surface area contributed by atoms with E-state index in [-0.39, 0.29) is 0 Å². The molecule has 0 bridgehead atoms. The van der Waals surface area contributed by atoms with E-state index in [2.05, 4.69) is 53.1 Å². The third-order valence-corrected chi connectivity index (χ3v) is 4.73. The first-order valence-corrected chi connectivity index (χ1v) is 8.25. The lowest BCUT2D eigenvalue weighted by Crippen LogP contribution is -2.05. The molecule has 2 nitrogen and oxygen atoms in total. The SMILES string of the molecule is COc1ccc(Cn2c(-c3ccccc3)cc3c2CCC3)cc1. The number of ether oxygens (including phenoxy) is 1. The third-order valence-electron chi connectivity index (χ3n) is 4.73. The van der Waals surface area contributed by atoms with Crippen LogP contribution in [0, 0.1) is 0 Å². The Morgan fingerprint density at radius 2 is 1.74 bits per heavy atom. The van der Waals surface area contributed by atoms with E-state index in [0.717, 1.165) is 12.3 Å². The van der Waals surface area contributed by atoms with Gasteiger partial charge in [0.15, 0.2) is 0 Å². The summed E-state index contributed by atoms with van der Waals surface area (Å²) in [5, 5.41) is 0. The van der Waals surface area contributed by atoms with Gasteiger partial charge in [-0.2, -0.15) is 0 Å². The fourth-order valence-electron chi connectivity index (χ4n) is 3.55. The van der Waals surface area contributed by atoms with E-state index in [9.17, 15) is 0 Å². The largest absolute Gasteiger partial charge is 0.497 e. The molecule has 1 aliphatic carbocycles. The molecule has 4 rings (SSSR count). The van der Waals surface area contributed by atoms with E-state index in [1.165, 1.54) is 47.3 Å². The average molecular weight is 303 g/mol. The van der Waals surface area contributed by atoms with Crippen LogP contribution in [0.15, 0.2) is 60.7 Å². The number of hydrogen-bond acceptors (Lipinski definition) is 1. The van der Waals surface area contributed by atoms with Crippen LogP contribution in [0.3, 0.4) is 0 Å². The summed E-state index contributed by atoms with van der Waals surface area (Å²) in [6.45, 7) is 0.920. The number of aryl methyl sites for hydroxylation is 1. The molecule has 0 radical (unpaired) electrons. The van der Waals surface area contributed by atoms with Gasteiger partial charge in [-0.15, -0.1) is 0 Å². The highest BCUT2D eigenvalue weighted by Gasteiger charge is 2.20. The summed E-state index contributed by atoms with van der Waals surface area (Å²) in [6, 6.07) is 21.5. The Hall–Kier alpha value is -2.48. The molecule has 1 aromatic heterocycles. The molecule has 0 N–H and O–H groups in total. The van der Waals surface area contributed by atoms with Gasteiger partial charge < -0.3 is 9.30 Å². The normalized spacial score (nSPS) is 13.1. The maximum absolute atomic E-state index is 5.26. The van der Waals surface area contributed by atoms with Gasteiger partial charge in [0, 0.05) is 17.9 Å². The summed E-state index contributed by atoms with van der Waals surface area (Å²) in [5.74, 6) is 0.912. The van der Waals surface area contributed by atoms with Crippen molar-refractivity contribution >= 4 is 0 Å². The van der Waals surface area contributed by atoms with Crippen molar-refractivity contribution in [2.45, 2.75) is 25.8 Å². The van der Waals surface area contributed by atoms with Crippen molar-refractivity contribution in [3.8, 4) is 17.0 Å². The molecule has 1 aliphatic rings. The van der Waals surface area contributed by atoms with Crippen molar-refractivity contribution in [2.24, 2.45) is 0 Å². The number of rotatable bonds is 4. The molecule has 2 aromatic carbocycles. The maximum atomic E-state index is 5.26. The second-order valence-electron chi connectivity index (χ2n) is 6.16. The number of benzene rings is 2. The number of aromatic nitrogens is 1. The molecule has 0 saturated heterocycles. The zero-order chi connectivity index (χ0) is 15.6. The highest BCUT2D eigenvalue weighted by Crippen LogP contribution is 2.32. The number of hydrogen-bond donors (Lipinski definition) is 0. The van der Waals surface area contributed by atoms with Gasteiger partial charge in [0.05, 0.1) is 7.11 Å². The van der Waals surface area contributed by atoms with Crippen molar-refractivity contribution < 1.29 is 4.74 Å². The zero-order valence-corrected chi connectivity index (χ0v) is 13.5. The van der Waals surface area contributed by atoms with Crippen molar-refractivity contribution in [1.82, 2.24) is 4.57 Å². The van der Waals surface area contributed by atoms with E-state index >= 15 is 0 Å². The molecular weight excluding hydrogens is 282 g/mol. The van der Waals surface area contributed by atoms with Crippen LogP contribution in [-0.2, 0) is 19.4 Å². The Bertz CT molecular complexity index is 800. The molecule has 0 saturated carbocycles. The topological polar surface area (TPSA) is 14.2 Å². The summed E-state index contributed by atoms with van der Waals surface area (Å²) in [7, 11) is 1.71. The van der Waals surface area contributed by atoms with Crippen molar-refractivity contribution in [1.29, 1.82) is 0 Å². The van der Waals surface area contributed by atoms with Gasteiger partial charge in [0.2, 0.25) is 0 Å². The third kappa shape index (κ3) is 2.65. The van der Waals surface area contributed by atoms with Crippen LogP contribution in [0.25, 0.3) is 11.3 Å². The quantitative estimate of drug-likeness (QED) is 0.681. The lowest BCUT2D eigenvalue weighted by atomic mass is 10.1. The maximum Gasteiger partial charge on any atom is 0.118 e. The molecule has 0 atom stereocenters. The zero-order valence-electron chi connectivity index (χ0n) is 13.5. The second-order valence-corrected chi connectivity index (χ2v) is 6.16. The minimum Gasteiger partial charge on any atom is -0.497 e. The molecular formula is C21H21NO. The van der Waals surface area contributed by atoms with Crippen molar-refractivity contribution in [3.05, 3.63) is 77.5 Å². The van der Waals surface area contributed by atoms with Gasteiger partial charge in [0.1, 0.15) is 5.75 Å². The van der Waals surface area contributed by atoms with Gasteiger partial charge in [-0.05, 0) is 54.2 Å². The molecule has 0 spiro atoms. The lowest BCUT2D eigenvalue weighted by molar-refractivity contribution is 0.414. The summed E-state index contributed by atoms with van der Waals surface area (Å²) < 4.78 is 7.76. The number of methoxy groups -OCH3 is 1. The van der Waals surface area contributed by atoms with Gasteiger partial charge in [-0.3, -0.25) is 0 Å². The van der Waals surface area contributed by atoms with Crippen LogP contribution >= 0.6 is 0 Å². The first kappa shape index (κ1) is 14.1. The summed E-state index contributed by atoms with van der Waals surface area (Å²) in [6.07, 6.45) is 3.69. The Labute approximate surface area is 137 Å². The van der Waals surface area contributed by atoms with Gasteiger partial charge in [-0.1, -0.05) is 42.5 Å². The van der Waals surface area contributed by atoms with Gasteiger partial charge in [0.25, 0.3) is 0 Å². The Balaban J connectivity index is 1.74. The Kier molecular flexibility index (Phi) is 3.66. The standard InChI is InChI=1S/C21H21NO/c1-23-19-12-10-16(11-13-19)15-22-20-9-5-8-18(20)14-21(22)17-6-3-2-4-7-17/h2-4,6-7,10-14H,5,8-9,15H2,1H3. The predicted molar refractivity (Wildman–Crippen MR) is 94.0 cm³/mol. The minimum absolute atomic E-state index is 0.912. The Morgan fingerprint density at radius 3 is 2.48 bits per heavy atom. The van der Waals surface area contributed by atoms with Crippen molar-refractivity contribution in [2.75, 3.05) is 7.11 Å².